The summed E-state index contributed by atoms with van der Waals surface area (Å²) < 4.78 is 0. The number of nitrogens with zero attached hydrogens (tertiary/aromatic N) is 4. The highest BCUT2D eigenvalue weighted by molar-refractivity contribution is 5.88. The summed E-state index contributed by atoms with van der Waals surface area (Å²) in [6, 6.07) is 10.7. The predicted octanol–water partition coefficient (Wildman–Crippen LogP) is 2.50. The second kappa shape index (κ2) is 10.2. The summed E-state index contributed by atoms with van der Waals surface area (Å²) in [5, 5.41) is 2.68. The summed E-state index contributed by atoms with van der Waals surface area (Å²) >= 11 is 0. The molecule has 2 saturated carbocycles. The average molecular weight is 484 g/mol. The Morgan fingerprint density at radius 2 is 1.69 bits per heavy atom. The third-order valence-electron chi connectivity index (χ3n) is 8.67. The van der Waals surface area contributed by atoms with Crippen LogP contribution in [0.3, 0.4) is 0 Å². The Morgan fingerprint density at radius 3 is 2.23 bits per heavy atom. The van der Waals surface area contributed by atoms with Crippen LogP contribution in [0.4, 0.5) is 4.79 Å². The van der Waals surface area contributed by atoms with Crippen molar-refractivity contribution < 1.29 is 14.4 Å². The number of carbonyl (C=O) groups excluding carboxylic acids is 3. The Labute approximate surface area is 209 Å². The topological polar surface area (TPSA) is 76.2 Å². The number of nitrogens with one attached hydrogen (secondary N) is 1. The molecule has 0 atom stereocenters. The van der Waals surface area contributed by atoms with Crippen molar-refractivity contribution in [1.82, 2.24) is 24.9 Å². The minimum absolute atomic E-state index is 0.0000325. The molecule has 1 saturated heterocycles. The molecule has 3 fully saturated rings. The number of rotatable bonds is 8. The number of likely N-dealkylation sites (N-methyl/N-ethyl adjacent to an activating group) is 1. The van der Waals surface area contributed by atoms with Crippen LogP contribution in [0.5, 0.6) is 0 Å². The molecule has 35 heavy (non-hydrogen) atoms. The summed E-state index contributed by atoms with van der Waals surface area (Å²) in [4.78, 5) is 45.7. The first-order valence-corrected chi connectivity index (χ1v) is 12.9. The first-order chi connectivity index (χ1) is 16.7. The number of hydrogen-bond acceptors (Lipinski definition) is 4. The number of hydrogen-bond donors (Lipinski definition) is 1. The third-order valence-corrected chi connectivity index (χ3v) is 8.67. The lowest BCUT2D eigenvalue weighted by Gasteiger charge is -2.51. The first-order valence-electron chi connectivity index (χ1n) is 12.9. The van der Waals surface area contributed by atoms with Crippen molar-refractivity contribution >= 4 is 17.8 Å². The molecule has 192 valence electrons. The van der Waals surface area contributed by atoms with Gasteiger partial charge in [-0.05, 0) is 64.1 Å². The fraction of sp³-hybridized carbons (Fsp3) is 0.667. The summed E-state index contributed by atoms with van der Waals surface area (Å²) in [5.41, 5.74) is 1.05. The van der Waals surface area contributed by atoms with Crippen LogP contribution >= 0.6 is 0 Å². The highest BCUT2D eigenvalue weighted by Gasteiger charge is 2.55. The minimum atomic E-state index is -0.281. The van der Waals surface area contributed by atoms with Crippen molar-refractivity contribution in [3.63, 3.8) is 0 Å². The van der Waals surface area contributed by atoms with Gasteiger partial charge in [-0.3, -0.25) is 14.5 Å². The van der Waals surface area contributed by atoms with Gasteiger partial charge in [0.25, 0.3) is 0 Å². The van der Waals surface area contributed by atoms with Gasteiger partial charge in [0.2, 0.25) is 11.8 Å². The summed E-state index contributed by atoms with van der Waals surface area (Å²) in [6.07, 6.45) is 7.36. The molecular weight excluding hydrogens is 442 g/mol. The molecule has 0 bridgehead atoms. The molecule has 4 amide bonds. The van der Waals surface area contributed by atoms with Crippen molar-refractivity contribution in [1.29, 1.82) is 0 Å². The van der Waals surface area contributed by atoms with Crippen LogP contribution in [-0.2, 0) is 15.1 Å². The Bertz CT molecular complexity index is 920. The Hall–Kier alpha value is -2.61. The highest BCUT2D eigenvalue weighted by atomic mass is 16.2. The van der Waals surface area contributed by atoms with Gasteiger partial charge >= 0.3 is 6.03 Å². The minimum Gasteiger partial charge on any atom is -0.347 e. The number of urea groups is 1. The molecule has 8 nitrogen and oxygen atoms in total. The molecule has 1 aromatic rings. The summed E-state index contributed by atoms with van der Waals surface area (Å²) in [7, 11) is 7.63. The second-order valence-electron chi connectivity index (χ2n) is 11.1. The van der Waals surface area contributed by atoms with Crippen molar-refractivity contribution in [3.05, 3.63) is 35.9 Å². The second-order valence-corrected chi connectivity index (χ2v) is 11.1. The van der Waals surface area contributed by atoms with Crippen LogP contribution < -0.4 is 5.32 Å². The van der Waals surface area contributed by atoms with E-state index in [-0.39, 0.29) is 42.0 Å². The molecule has 8 heteroatoms. The van der Waals surface area contributed by atoms with Crippen molar-refractivity contribution in [2.45, 2.75) is 56.0 Å². The molecule has 1 heterocycles. The van der Waals surface area contributed by atoms with Gasteiger partial charge in [0.05, 0.1) is 12.1 Å². The highest BCUT2D eigenvalue weighted by Crippen LogP contribution is 2.49. The molecular formula is C27H41N5O3. The fourth-order valence-corrected chi connectivity index (χ4v) is 6.07. The Kier molecular flexibility index (Phi) is 7.40. The largest absolute Gasteiger partial charge is 0.347 e. The lowest BCUT2D eigenvalue weighted by Crippen LogP contribution is -2.56. The van der Waals surface area contributed by atoms with Crippen molar-refractivity contribution in [2.75, 3.05) is 54.4 Å². The molecule has 1 spiro atoms. The van der Waals surface area contributed by atoms with E-state index in [1.54, 1.807) is 19.0 Å². The van der Waals surface area contributed by atoms with E-state index in [0.717, 1.165) is 32.2 Å². The van der Waals surface area contributed by atoms with E-state index in [1.165, 1.54) is 29.7 Å². The van der Waals surface area contributed by atoms with Gasteiger partial charge in [-0.1, -0.05) is 36.8 Å². The number of amides is 4. The van der Waals surface area contributed by atoms with Gasteiger partial charge in [0.1, 0.15) is 6.54 Å². The third kappa shape index (κ3) is 5.03. The quantitative estimate of drug-likeness (QED) is 0.617. The van der Waals surface area contributed by atoms with Gasteiger partial charge in [0.15, 0.2) is 0 Å². The zero-order valence-corrected chi connectivity index (χ0v) is 21.8. The van der Waals surface area contributed by atoms with Gasteiger partial charge in [-0.15, -0.1) is 0 Å². The van der Waals surface area contributed by atoms with E-state index in [1.807, 2.05) is 0 Å². The molecule has 0 radical (unpaired) electrons. The average Bonchev–Trinajstić information content (AvgIpc) is 3.05. The van der Waals surface area contributed by atoms with Crippen LogP contribution in [0.1, 0.15) is 50.5 Å². The molecule has 1 aliphatic heterocycles. The Balaban J connectivity index is 1.50. The lowest BCUT2D eigenvalue weighted by atomic mass is 9.68. The van der Waals surface area contributed by atoms with E-state index in [9.17, 15) is 14.4 Å². The molecule has 2 aliphatic carbocycles. The van der Waals surface area contributed by atoms with Crippen molar-refractivity contribution in [3.8, 4) is 0 Å². The van der Waals surface area contributed by atoms with Gasteiger partial charge in [0, 0.05) is 32.7 Å². The van der Waals surface area contributed by atoms with Gasteiger partial charge in [-0.25, -0.2) is 4.79 Å². The smallest absolute Gasteiger partial charge is 0.321 e. The van der Waals surface area contributed by atoms with Crippen LogP contribution in [0.15, 0.2) is 30.3 Å². The van der Waals surface area contributed by atoms with Crippen molar-refractivity contribution in [2.24, 2.45) is 5.92 Å². The van der Waals surface area contributed by atoms with E-state index >= 15 is 0 Å². The predicted molar refractivity (Wildman–Crippen MR) is 136 cm³/mol. The van der Waals surface area contributed by atoms with E-state index in [0.29, 0.717) is 12.5 Å². The maximum absolute atomic E-state index is 13.6. The van der Waals surface area contributed by atoms with E-state index < -0.39 is 0 Å². The fourth-order valence-electron chi connectivity index (χ4n) is 6.07. The zero-order valence-electron chi connectivity index (χ0n) is 21.8. The summed E-state index contributed by atoms with van der Waals surface area (Å²) in [6.45, 7) is 1.31. The standard InChI is InChI=1S/C27H41N5O3/c1-29(2)24(34)17-28-23(33)19-31-20-26(32(25(31)35)18-21-9-8-10-21)13-15-27(16-14-26,30(3)4)22-11-6-5-7-12-22/h5-7,11-12,21H,8-10,13-20H2,1-4H3,(H,28,33)/t26-,27+. The van der Waals surface area contributed by atoms with Crippen LogP contribution in [0.2, 0.25) is 0 Å². The van der Waals surface area contributed by atoms with Crippen LogP contribution in [0, 0.1) is 5.92 Å². The maximum Gasteiger partial charge on any atom is 0.321 e. The first kappa shape index (κ1) is 25.5. The SMILES string of the molecule is CN(C)C(=O)CNC(=O)CN1C[C@]2(CC[C@](c3ccccc3)(N(C)C)CC2)N(CC2CCC2)C1=O. The maximum atomic E-state index is 13.6. The molecule has 0 aromatic heterocycles. The lowest BCUT2D eigenvalue weighted by molar-refractivity contribution is -0.131. The van der Waals surface area contributed by atoms with Crippen LogP contribution in [0.25, 0.3) is 0 Å². The van der Waals surface area contributed by atoms with E-state index in [4.69, 9.17) is 0 Å². The van der Waals surface area contributed by atoms with Crippen LogP contribution in [-0.4, -0.2) is 97.4 Å². The monoisotopic (exact) mass is 483 g/mol. The molecule has 0 unspecified atom stereocenters. The molecule has 1 N–H and O–H groups in total. The molecule has 1 aromatic carbocycles. The molecule has 3 aliphatic rings. The normalized spacial score (nSPS) is 26.8. The summed E-state index contributed by atoms with van der Waals surface area (Å²) in [5.74, 6) is 0.122. The zero-order chi connectivity index (χ0) is 25.2. The molecule has 4 rings (SSSR count). The van der Waals surface area contributed by atoms with Gasteiger partial charge < -0.3 is 20.0 Å². The Morgan fingerprint density at radius 1 is 1.03 bits per heavy atom. The number of benzene rings is 1. The van der Waals surface area contributed by atoms with E-state index in [2.05, 4.69) is 59.5 Å². The van der Waals surface area contributed by atoms with Gasteiger partial charge in [-0.2, -0.15) is 0 Å². The number of carbonyl (C=O) groups is 3.